The van der Waals surface area contributed by atoms with Gasteiger partial charge in [0.2, 0.25) is 5.91 Å². The lowest BCUT2D eigenvalue weighted by molar-refractivity contribution is -0.116. The number of halogens is 1. The van der Waals surface area contributed by atoms with E-state index < -0.39 is 0 Å². The number of nitrogens with one attached hydrogen (secondary N) is 1. The van der Waals surface area contributed by atoms with Crippen LogP contribution in [0.1, 0.15) is 6.42 Å². The van der Waals surface area contributed by atoms with Crippen molar-refractivity contribution in [2.24, 2.45) is 0 Å². The van der Waals surface area contributed by atoms with E-state index in [0.717, 1.165) is 4.47 Å². The summed E-state index contributed by atoms with van der Waals surface area (Å²) in [6, 6.07) is 3.14. The quantitative estimate of drug-likeness (QED) is 0.935. The van der Waals surface area contributed by atoms with Crippen molar-refractivity contribution in [1.82, 2.24) is 9.55 Å². The Hall–Kier alpha value is -1.47. The lowest BCUT2D eigenvalue weighted by Gasteiger charge is -2.05. The zero-order chi connectivity index (χ0) is 13.0. The van der Waals surface area contributed by atoms with Gasteiger partial charge in [0.05, 0.1) is 0 Å². The Balaban J connectivity index is 1.93. The van der Waals surface area contributed by atoms with Crippen molar-refractivity contribution in [1.29, 1.82) is 0 Å². The Morgan fingerprint density at radius 3 is 3.06 bits per heavy atom. The van der Waals surface area contributed by atoms with Crippen molar-refractivity contribution < 1.29 is 4.79 Å². The number of rotatable bonds is 4. The molecule has 0 aliphatic carbocycles. The minimum atomic E-state index is -0.156. The van der Waals surface area contributed by atoms with Crippen LogP contribution in [-0.4, -0.2) is 15.5 Å². The monoisotopic (exact) mass is 327 g/mol. The highest BCUT2D eigenvalue weighted by atomic mass is 79.9. The van der Waals surface area contributed by atoms with E-state index in [0.29, 0.717) is 11.7 Å². The average Bonchev–Trinajstić information content (AvgIpc) is 2.83. The van der Waals surface area contributed by atoms with Crippen molar-refractivity contribution in [3.8, 4) is 0 Å². The van der Waals surface area contributed by atoms with E-state index in [4.69, 9.17) is 0 Å². The van der Waals surface area contributed by atoms with E-state index in [9.17, 15) is 9.59 Å². The van der Waals surface area contributed by atoms with Gasteiger partial charge in [0.15, 0.2) is 5.13 Å². The van der Waals surface area contributed by atoms with Crippen LogP contribution in [-0.2, 0) is 11.3 Å². The molecule has 0 unspecified atom stereocenters. The van der Waals surface area contributed by atoms with Crippen LogP contribution in [0.25, 0.3) is 0 Å². The van der Waals surface area contributed by atoms with Gasteiger partial charge < -0.3 is 9.88 Å². The van der Waals surface area contributed by atoms with E-state index >= 15 is 0 Å². The molecule has 5 nitrogen and oxygen atoms in total. The Kier molecular flexibility index (Phi) is 4.27. The summed E-state index contributed by atoms with van der Waals surface area (Å²) in [5.74, 6) is -0.156. The van der Waals surface area contributed by atoms with Gasteiger partial charge in [-0.05, 0) is 22.0 Å². The minimum Gasteiger partial charge on any atom is -0.314 e. The highest BCUT2D eigenvalue weighted by Crippen LogP contribution is 2.10. The summed E-state index contributed by atoms with van der Waals surface area (Å²) in [4.78, 5) is 27.1. The molecule has 2 aromatic rings. The molecule has 0 radical (unpaired) electrons. The van der Waals surface area contributed by atoms with Gasteiger partial charge in [-0.2, -0.15) is 0 Å². The number of carbonyl (C=O) groups excluding carboxylic acids is 1. The van der Waals surface area contributed by atoms with E-state index in [-0.39, 0.29) is 17.9 Å². The van der Waals surface area contributed by atoms with Gasteiger partial charge in [-0.25, -0.2) is 4.98 Å². The normalized spacial score (nSPS) is 10.3. The molecular weight excluding hydrogens is 318 g/mol. The average molecular weight is 328 g/mol. The number of pyridine rings is 1. The highest BCUT2D eigenvalue weighted by molar-refractivity contribution is 9.10. The largest absolute Gasteiger partial charge is 0.314 e. The van der Waals surface area contributed by atoms with Crippen molar-refractivity contribution >= 4 is 38.3 Å². The fourth-order valence-electron chi connectivity index (χ4n) is 1.37. The predicted octanol–water partition coefficient (Wildman–Crippen LogP) is 2.10. The molecule has 0 fully saturated rings. The van der Waals surface area contributed by atoms with Crippen LogP contribution >= 0.6 is 27.3 Å². The number of amides is 1. The summed E-state index contributed by atoms with van der Waals surface area (Å²) in [5, 5.41) is 5.02. The van der Waals surface area contributed by atoms with Crippen molar-refractivity contribution in [2.45, 2.75) is 13.0 Å². The molecule has 0 bridgehead atoms. The smallest absolute Gasteiger partial charge is 0.250 e. The molecular formula is C11H10BrN3O2S. The van der Waals surface area contributed by atoms with Crippen LogP contribution in [0, 0.1) is 0 Å². The summed E-state index contributed by atoms with van der Waals surface area (Å²) in [6.45, 7) is 0.343. The Bertz CT molecular complexity index is 595. The Morgan fingerprint density at radius 1 is 1.50 bits per heavy atom. The fraction of sp³-hybridized carbons (Fsp3) is 0.182. The molecule has 2 rings (SSSR count). The van der Waals surface area contributed by atoms with Gasteiger partial charge in [-0.15, -0.1) is 11.3 Å². The van der Waals surface area contributed by atoms with Gasteiger partial charge in [-0.1, -0.05) is 0 Å². The van der Waals surface area contributed by atoms with Crippen LogP contribution in [0.3, 0.4) is 0 Å². The fourth-order valence-corrected chi connectivity index (χ4v) is 2.29. The second-order valence-electron chi connectivity index (χ2n) is 3.51. The molecule has 94 valence electrons. The molecule has 0 saturated heterocycles. The maximum atomic E-state index is 11.6. The number of nitrogens with zero attached hydrogens (tertiary/aromatic N) is 2. The van der Waals surface area contributed by atoms with Crippen LogP contribution < -0.4 is 10.9 Å². The standard InChI is InChI=1S/C11H10BrN3O2S/c12-8-1-2-10(17)15(7-8)5-3-9(16)14-11-13-4-6-18-11/h1-2,4,6-7H,3,5H2,(H,13,14,16). The van der Waals surface area contributed by atoms with Crippen LogP contribution in [0.2, 0.25) is 0 Å². The molecule has 0 aliphatic heterocycles. The third-order valence-electron chi connectivity index (χ3n) is 2.21. The first-order chi connectivity index (χ1) is 8.65. The number of carbonyl (C=O) groups is 1. The molecule has 0 saturated carbocycles. The summed E-state index contributed by atoms with van der Waals surface area (Å²) < 4.78 is 2.30. The van der Waals surface area contributed by atoms with E-state index in [1.807, 2.05) is 0 Å². The summed E-state index contributed by atoms with van der Waals surface area (Å²) in [7, 11) is 0. The molecule has 7 heteroatoms. The first-order valence-electron chi connectivity index (χ1n) is 5.20. The first-order valence-corrected chi connectivity index (χ1v) is 6.88. The molecule has 2 aromatic heterocycles. The molecule has 0 spiro atoms. The Morgan fingerprint density at radius 2 is 2.33 bits per heavy atom. The predicted molar refractivity (Wildman–Crippen MR) is 73.8 cm³/mol. The van der Waals surface area contributed by atoms with Crippen molar-refractivity contribution in [3.63, 3.8) is 0 Å². The van der Waals surface area contributed by atoms with Gasteiger partial charge in [0.1, 0.15) is 0 Å². The number of thiazole rings is 1. The number of aryl methyl sites for hydroxylation is 1. The number of anilines is 1. The van der Waals surface area contributed by atoms with Gasteiger partial charge in [-0.3, -0.25) is 9.59 Å². The maximum Gasteiger partial charge on any atom is 0.250 e. The van der Waals surface area contributed by atoms with Gasteiger partial charge in [0.25, 0.3) is 5.56 Å². The molecule has 1 amide bonds. The minimum absolute atomic E-state index is 0.125. The Labute approximate surface area is 116 Å². The molecule has 2 heterocycles. The van der Waals surface area contributed by atoms with Gasteiger partial charge >= 0.3 is 0 Å². The third-order valence-corrected chi connectivity index (χ3v) is 3.36. The second kappa shape index (κ2) is 5.92. The summed E-state index contributed by atoms with van der Waals surface area (Å²) >= 11 is 4.64. The number of hydrogen-bond donors (Lipinski definition) is 1. The molecule has 0 aliphatic rings. The van der Waals surface area contributed by atoms with E-state index in [1.54, 1.807) is 23.8 Å². The summed E-state index contributed by atoms with van der Waals surface area (Å²) in [5.41, 5.74) is -0.125. The third kappa shape index (κ3) is 3.51. The molecule has 1 N–H and O–H groups in total. The lowest BCUT2D eigenvalue weighted by Crippen LogP contribution is -2.22. The SMILES string of the molecule is O=C(CCn1cc(Br)ccc1=O)Nc1nccs1. The molecule has 0 aromatic carbocycles. The second-order valence-corrected chi connectivity index (χ2v) is 5.32. The van der Waals surface area contributed by atoms with E-state index in [1.165, 1.54) is 22.0 Å². The highest BCUT2D eigenvalue weighted by Gasteiger charge is 2.05. The number of hydrogen-bond acceptors (Lipinski definition) is 4. The molecule has 0 atom stereocenters. The lowest BCUT2D eigenvalue weighted by atomic mass is 10.4. The summed E-state index contributed by atoms with van der Waals surface area (Å²) in [6.07, 6.45) is 3.52. The van der Waals surface area contributed by atoms with Crippen LogP contribution in [0.4, 0.5) is 5.13 Å². The van der Waals surface area contributed by atoms with Crippen LogP contribution in [0.5, 0.6) is 0 Å². The van der Waals surface area contributed by atoms with Crippen molar-refractivity contribution in [3.05, 3.63) is 44.7 Å². The van der Waals surface area contributed by atoms with E-state index in [2.05, 4.69) is 26.2 Å². The van der Waals surface area contributed by atoms with Gasteiger partial charge in [0, 0.05) is 41.3 Å². The maximum absolute atomic E-state index is 11.6. The zero-order valence-corrected chi connectivity index (χ0v) is 11.7. The number of aromatic nitrogens is 2. The molecule has 18 heavy (non-hydrogen) atoms. The zero-order valence-electron chi connectivity index (χ0n) is 9.30. The first kappa shape index (κ1) is 13.0. The van der Waals surface area contributed by atoms with Crippen molar-refractivity contribution in [2.75, 3.05) is 5.32 Å². The topological polar surface area (TPSA) is 64.0 Å². The van der Waals surface area contributed by atoms with Crippen LogP contribution in [0.15, 0.2) is 39.2 Å².